The molecule has 1 unspecified atom stereocenters. The molecule has 34 heteroatoms. The predicted octanol–water partition coefficient (Wildman–Crippen LogP) is 11.4. The van der Waals surface area contributed by atoms with E-state index >= 15 is 4.79 Å². The van der Waals surface area contributed by atoms with Gasteiger partial charge in [-0.2, -0.15) is 0 Å². The van der Waals surface area contributed by atoms with Gasteiger partial charge < -0.3 is 74.7 Å². The van der Waals surface area contributed by atoms with Crippen LogP contribution in [0.15, 0.2) is 85.2 Å². The van der Waals surface area contributed by atoms with Crippen molar-refractivity contribution in [1.82, 2.24) is 63.9 Å². The van der Waals surface area contributed by atoms with Crippen molar-refractivity contribution in [3.8, 4) is 40.1 Å². The summed E-state index contributed by atoms with van der Waals surface area (Å²) in [6.07, 6.45) is 7.88. The number of piperidine rings is 2. The average molecular weight is 1830 g/mol. The highest BCUT2D eigenvalue weighted by Crippen LogP contribution is 2.42. The lowest BCUT2D eigenvalue weighted by Crippen LogP contribution is -2.53. The summed E-state index contributed by atoms with van der Waals surface area (Å²) in [6, 6.07) is 19.6. The topological polar surface area (TPSA) is 433 Å². The standard InChI is InChI=1S/C98H141N17O17/c1-19-102-91(125)88(101)114(87(100)72-53-70(61(3)4)78(116)55-80(72)118)68-22-24-75-66(51-68)34-39-109(75)36-29-64-30-37-112(38-31-64)93(127)63(7)21-28-83(121)111-40-32-65(33-41-111)74(57-113-42-35-67-52-69(23-25-76(67)113)115-89(104-105-90(115)92(126)103-20-2)73-54-71(62(5)6)79(117)56-81(73)119)98(17,18)131-86(124)60-108-46-44-106(58-84(122)129-95(8,9)10)43-45-107(59-85(123)130-96(11,12)13)47-49-110(50-48-108)77(26-27-82(99)120)94(128)132-97(14,15)16/h22-25,34-35,39,42,51-56,61-65,74,77,100-101,116-119H,19-21,26-33,36-38,40-41,43-50,57-60H2,1-18H3,(H2,99,120)(H,102,125)(H,103,126)/t63-,74?,77+/m0/s1. The number of nitrogens with two attached hydrogens (primary N) is 1. The monoisotopic (exact) mass is 1830 g/mol. The van der Waals surface area contributed by atoms with E-state index in [-0.39, 0.29) is 179 Å². The van der Waals surface area contributed by atoms with Gasteiger partial charge in [0.2, 0.25) is 23.5 Å². The number of nitrogens with zero attached hydrogens (tertiary/aromatic N) is 12. The number of hydrogen-bond donors (Lipinski definition) is 9. The second kappa shape index (κ2) is 44.4. The number of phenolic OH excluding ortho intramolecular Hbond substituents is 4. The molecule has 720 valence electrons. The first-order chi connectivity index (χ1) is 62.1. The molecule has 7 aromatic rings. The normalized spacial score (nSPS) is 16.3. The average Bonchev–Trinajstić information content (AvgIpc) is 1.63. The fraction of sp³-hybridized carbons (Fsp3) is 0.582. The van der Waals surface area contributed by atoms with E-state index in [0.29, 0.717) is 93.5 Å². The van der Waals surface area contributed by atoms with Crippen LogP contribution in [0.5, 0.6) is 23.0 Å². The van der Waals surface area contributed by atoms with Gasteiger partial charge in [0, 0.05) is 176 Å². The zero-order valence-electron chi connectivity index (χ0n) is 80.5. The molecule has 34 nitrogen and oxygen atoms in total. The highest BCUT2D eigenvalue weighted by atomic mass is 16.6. The van der Waals surface area contributed by atoms with Gasteiger partial charge in [-0.05, 0) is 230 Å². The van der Waals surface area contributed by atoms with Crippen molar-refractivity contribution in [3.05, 3.63) is 108 Å². The van der Waals surface area contributed by atoms with Crippen molar-refractivity contribution >= 4 is 92.6 Å². The molecule has 3 fully saturated rings. The van der Waals surface area contributed by atoms with Crippen LogP contribution < -0.4 is 21.3 Å². The van der Waals surface area contributed by atoms with Crippen LogP contribution in [0.3, 0.4) is 0 Å². The summed E-state index contributed by atoms with van der Waals surface area (Å²) < 4.78 is 30.4. The van der Waals surface area contributed by atoms with E-state index in [0.717, 1.165) is 41.1 Å². The van der Waals surface area contributed by atoms with Gasteiger partial charge in [-0.3, -0.25) is 83.0 Å². The lowest BCUT2D eigenvalue weighted by molar-refractivity contribution is -0.168. The number of aromatic nitrogens is 5. The van der Waals surface area contributed by atoms with Crippen LogP contribution in [0.2, 0.25) is 0 Å². The molecule has 0 aliphatic carbocycles. The maximum absolute atomic E-state index is 15.3. The van der Waals surface area contributed by atoms with Gasteiger partial charge in [-0.1, -0.05) is 34.6 Å². The first-order valence-corrected chi connectivity index (χ1v) is 46.5. The summed E-state index contributed by atoms with van der Waals surface area (Å²) in [5, 5.41) is 78.0. The molecule has 0 bridgehead atoms. The van der Waals surface area contributed by atoms with E-state index in [1.54, 1.807) is 98.9 Å². The van der Waals surface area contributed by atoms with Gasteiger partial charge >= 0.3 is 23.9 Å². The third kappa shape index (κ3) is 27.4. The number of likely N-dealkylation sites (N-methyl/N-ethyl adjacent to an activating group) is 1. The Morgan fingerprint density at radius 2 is 1.07 bits per heavy atom. The Balaban J connectivity index is 0.858. The second-order valence-electron chi connectivity index (χ2n) is 39.6. The molecule has 10 N–H and O–H groups in total. The molecule has 6 heterocycles. The number of benzene rings is 4. The smallest absolute Gasteiger partial charge is 0.323 e. The van der Waals surface area contributed by atoms with Gasteiger partial charge in [0.1, 0.15) is 57.3 Å². The summed E-state index contributed by atoms with van der Waals surface area (Å²) in [5.41, 5.74) is 5.99. The minimum Gasteiger partial charge on any atom is -0.508 e. The van der Waals surface area contributed by atoms with Crippen LogP contribution >= 0.6 is 0 Å². The van der Waals surface area contributed by atoms with Gasteiger partial charge in [-0.15, -0.1) is 10.2 Å². The Labute approximate surface area is 775 Å². The van der Waals surface area contributed by atoms with Crippen LogP contribution in [0.1, 0.15) is 222 Å². The minimum absolute atomic E-state index is 0.00474. The Morgan fingerprint density at radius 1 is 0.553 bits per heavy atom. The van der Waals surface area contributed by atoms with Gasteiger partial charge in [0.15, 0.2) is 11.7 Å². The number of amides is 5. The molecule has 0 saturated carbocycles. The van der Waals surface area contributed by atoms with Crippen LogP contribution in [-0.4, -0.2) is 279 Å². The summed E-state index contributed by atoms with van der Waals surface area (Å²) in [7, 11) is 0. The number of aromatic hydroxyl groups is 4. The van der Waals surface area contributed by atoms with Gasteiger partial charge in [0.25, 0.3) is 11.8 Å². The number of aryl methyl sites for hydroxylation is 1. The van der Waals surface area contributed by atoms with E-state index in [1.807, 2.05) is 127 Å². The van der Waals surface area contributed by atoms with Crippen LogP contribution in [-0.2, 0) is 70.4 Å². The van der Waals surface area contributed by atoms with E-state index < -0.39 is 87.7 Å². The van der Waals surface area contributed by atoms with Crippen LogP contribution in [0.25, 0.3) is 38.9 Å². The fourth-order valence-corrected chi connectivity index (χ4v) is 17.9. The Bertz CT molecular complexity index is 5280. The third-order valence-corrected chi connectivity index (χ3v) is 24.9. The molecular weight excluding hydrogens is 1690 g/mol. The number of rotatable bonds is 32. The molecule has 3 aliphatic rings. The molecule has 3 saturated heterocycles. The summed E-state index contributed by atoms with van der Waals surface area (Å²) in [6.45, 7) is 37.7. The highest BCUT2D eigenvalue weighted by molar-refractivity contribution is 6.48. The zero-order valence-corrected chi connectivity index (χ0v) is 80.5. The SMILES string of the molecule is CCNC(=O)C(=N)N(C(=N)c1cc(C(C)C)c(O)cc1O)c1ccc2c(ccn2CCC2CCN(C(=O)[C@@H](C)CCC(=O)N3CCC(C(Cn4ccc5cc(-n6c(C(=O)NCC)nnc6-c6cc(C(C)C)c(O)cc6O)ccc54)C(C)(C)OC(=O)CN4CCN(CC(=O)OC(C)(C)C)CCN(CC(=O)OC(C)(C)C)CCN([C@H](CCC(N)=O)C(=O)OC(C)(C)C)CC4)CC3)CC2)c1. The number of primary amides is 1. The number of carbonyl (C=O) groups is 9. The maximum Gasteiger partial charge on any atom is 0.323 e. The van der Waals surface area contributed by atoms with Crippen LogP contribution in [0, 0.1) is 34.5 Å². The van der Waals surface area contributed by atoms with Gasteiger partial charge in [0.05, 0.1) is 42.1 Å². The van der Waals surface area contributed by atoms with Crippen molar-refractivity contribution in [2.45, 2.75) is 236 Å². The minimum atomic E-state index is -1.21. The van der Waals surface area contributed by atoms with E-state index in [1.165, 1.54) is 23.1 Å². The Hall–Kier alpha value is -11.5. The highest BCUT2D eigenvalue weighted by Gasteiger charge is 2.43. The number of nitrogens with one attached hydrogen (secondary N) is 4. The summed E-state index contributed by atoms with van der Waals surface area (Å²) in [5.74, 6) is -6.42. The summed E-state index contributed by atoms with van der Waals surface area (Å²) >= 11 is 0. The van der Waals surface area contributed by atoms with Crippen molar-refractivity contribution < 1.29 is 82.5 Å². The molecule has 4 aromatic carbocycles. The van der Waals surface area contributed by atoms with E-state index in [9.17, 15) is 64.2 Å². The molecule has 132 heavy (non-hydrogen) atoms. The number of esters is 4. The molecule has 3 atom stereocenters. The quantitative estimate of drug-likeness (QED) is 0.00818. The van der Waals surface area contributed by atoms with Crippen molar-refractivity contribution in [2.24, 2.45) is 29.4 Å². The first-order valence-electron chi connectivity index (χ1n) is 46.5. The number of fused-ring (bicyclic) bond motifs is 2. The molecule has 10 rings (SSSR count). The molecule has 0 spiro atoms. The number of likely N-dealkylation sites (tertiary alicyclic amines) is 2. The molecule has 3 aliphatic heterocycles. The van der Waals surface area contributed by atoms with Crippen molar-refractivity contribution in [2.75, 3.05) is 116 Å². The predicted molar refractivity (Wildman–Crippen MR) is 505 cm³/mol. The lowest BCUT2D eigenvalue weighted by Gasteiger charge is -2.43. The number of hydrogen-bond acceptors (Lipinski definition) is 25. The van der Waals surface area contributed by atoms with Crippen LogP contribution in [0.4, 0.5) is 5.69 Å². The van der Waals surface area contributed by atoms with Gasteiger partial charge in [-0.25, -0.2) is 0 Å². The zero-order chi connectivity index (χ0) is 96.8. The molecule has 5 amide bonds. The number of phenols is 4. The molecule has 0 radical (unpaired) electrons. The summed E-state index contributed by atoms with van der Waals surface area (Å²) in [4.78, 5) is 138. The van der Waals surface area contributed by atoms with Crippen molar-refractivity contribution in [1.29, 1.82) is 10.8 Å². The molecular formula is C98H141N17O17. The number of ether oxygens (including phenoxy) is 4. The Kier molecular flexibility index (Phi) is 34.5. The first kappa shape index (κ1) is 103. The maximum atomic E-state index is 15.3. The fourth-order valence-electron chi connectivity index (χ4n) is 17.9. The second-order valence-corrected chi connectivity index (χ2v) is 39.6. The Morgan fingerprint density at radius 3 is 1.62 bits per heavy atom. The van der Waals surface area contributed by atoms with E-state index in [2.05, 4.69) is 30.0 Å². The number of carbonyl (C=O) groups excluding carboxylic acids is 9. The largest absolute Gasteiger partial charge is 0.508 e. The molecule has 3 aromatic heterocycles. The number of amidine groups is 2. The third-order valence-electron chi connectivity index (χ3n) is 24.9. The number of anilines is 1. The lowest BCUT2D eigenvalue weighted by atomic mass is 9.75. The van der Waals surface area contributed by atoms with E-state index in [4.69, 9.17) is 30.1 Å². The van der Waals surface area contributed by atoms with Crippen molar-refractivity contribution in [3.63, 3.8) is 0 Å².